The van der Waals surface area contributed by atoms with Crippen LogP contribution in [0.5, 0.6) is 0 Å². The van der Waals surface area contributed by atoms with Crippen LogP contribution >= 0.6 is 0 Å². The number of nitrogens with zero attached hydrogens (tertiary/aromatic N) is 3. The van der Waals surface area contributed by atoms with Crippen molar-refractivity contribution in [1.29, 1.82) is 0 Å². The highest BCUT2D eigenvalue weighted by Gasteiger charge is 2.31. The minimum Gasteiger partial charge on any atom is -0.336 e. The van der Waals surface area contributed by atoms with Crippen LogP contribution in [0, 0.1) is 0 Å². The molecule has 0 bridgehead atoms. The molecule has 1 heterocycles. The number of imide groups is 1. The van der Waals surface area contributed by atoms with Gasteiger partial charge in [-0.25, -0.2) is 4.79 Å². The molecular weight excluding hydrogens is 320 g/mol. The Morgan fingerprint density at radius 2 is 1.80 bits per heavy atom. The number of rotatable bonds is 9. The molecule has 7 heteroatoms. The first-order valence-electron chi connectivity index (χ1n) is 8.67. The summed E-state index contributed by atoms with van der Waals surface area (Å²) in [6.45, 7) is 7.52. The topological polar surface area (TPSA) is 73.0 Å². The van der Waals surface area contributed by atoms with Crippen molar-refractivity contribution in [3.05, 3.63) is 35.9 Å². The Morgan fingerprint density at radius 3 is 2.36 bits per heavy atom. The van der Waals surface area contributed by atoms with Gasteiger partial charge in [-0.05, 0) is 18.7 Å². The molecule has 0 unspecified atom stereocenters. The number of carbonyl (C=O) groups is 3. The second-order valence-electron chi connectivity index (χ2n) is 5.97. The summed E-state index contributed by atoms with van der Waals surface area (Å²) in [5.74, 6) is -0.580. The van der Waals surface area contributed by atoms with Gasteiger partial charge < -0.3 is 15.1 Å². The first-order chi connectivity index (χ1) is 12.0. The van der Waals surface area contributed by atoms with Crippen LogP contribution < -0.4 is 5.32 Å². The zero-order valence-electron chi connectivity index (χ0n) is 14.9. The maximum absolute atomic E-state index is 12.7. The van der Waals surface area contributed by atoms with Gasteiger partial charge in [-0.1, -0.05) is 44.2 Å². The minimum atomic E-state index is -0.498. The van der Waals surface area contributed by atoms with Crippen LogP contribution in [0.25, 0.3) is 0 Å². The molecule has 25 heavy (non-hydrogen) atoms. The fourth-order valence-electron chi connectivity index (χ4n) is 2.75. The van der Waals surface area contributed by atoms with E-state index in [-0.39, 0.29) is 24.9 Å². The second-order valence-corrected chi connectivity index (χ2v) is 5.97. The van der Waals surface area contributed by atoms with E-state index in [0.29, 0.717) is 13.1 Å². The normalized spacial score (nSPS) is 14.1. The summed E-state index contributed by atoms with van der Waals surface area (Å²) in [6, 6.07) is 9.22. The Labute approximate surface area is 148 Å². The zero-order valence-corrected chi connectivity index (χ0v) is 14.9. The largest absolute Gasteiger partial charge is 0.336 e. The van der Waals surface area contributed by atoms with Gasteiger partial charge in [0.05, 0.1) is 6.54 Å². The summed E-state index contributed by atoms with van der Waals surface area (Å²) >= 11 is 0. The molecule has 0 radical (unpaired) electrons. The lowest BCUT2D eigenvalue weighted by atomic mass is 10.2. The van der Waals surface area contributed by atoms with E-state index < -0.39 is 6.03 Å². The number of urea groups is 1. The first-order valence-corrected chi connectivity index (χ1v) is 8.67. The third-order valence-electron chi connectivity index (χ3n) is 4.38. The van der Waals surface area contributed by atoms with E-state index in [2.05, 4.69) is 24.1 Å². The maximum Gasteiger partial charge on any atom is 0.325 e. The number of benzene rings is 1. The summed E-state index contributed by atoms with van der Waals surface area (Å²) in [4.78, 5) is 41.0. The molecule has 4 amide bonds. The average molecular weight is 346 g/mol. The van der Waals surface area contributed by atoms with E-state index in [4.69, 9.17) is 0 Å². The van der Waals surface area contributed by atoms with E-state index in [9.17, 15) is 14.4 Å². The highest BCUT2D eigenvalue weighted by atomic mass is 16.2. The van der Waals surface area contributed by atoms with Crippen LogP contribution in [0.15, 0.2) is 30.3 Å². The SMILES string of the molecule is CCN(CC)CCN(Cc1ccccc1)C(=O)CN1C(=O)CNC1=O. The van der Waals surface area contributed by atoms with Gasteiger partial charge in [0.25, 0.3) is 5.91 Å². The van der Waals surface area contributed by atoms with Crippen molar-refractivity contribution in [2.45, 2.75) is 20.4 Å². The molecule has 0 saturated carbocycles. The van der Waals surface area contributed by atoms with E-state index in [0.717, 1.165) is 30.1 Å². The second kappa shape index (κ2) is 9.17. The highest BCUT2D eigenvalue weighted by Crippen LogP contribution is 2.08. The Morgan fingerprint density at radius 1 is 1.12 bits per heavy atom. The monoisotopic (exact) mass is 346 g/mol. The van der Waals surface area contributed by atoms with Gasteiger partial charge in [0.15, 0.2) is 0 Å². The quantitative estimate of drug-likeness (QED) is 0.675. The van der Waals surface area contributed by atoms with Gasteiger partial charge in [0.1, 0.15) is 6.54 Å². The summed E-state index contributed by atoms with van der Waals surface area (Å²) < 4.78 is 0. The smallest absolute Gasteiger partial charge is 0.325 e. The third-order valence-corrected chi connectivity index (χ3v) is 4.38. The summed E-state index contributed by atoms with van der Waals surface area (Å²) in [5, 5.41) is 2.44. The molecule has 0 aromatic heterocycles. The van der Waals surface area contributed by atoms with E-state index >= 15 is 0 Å². The molecule has 1 N–H and O–H groups in total. The van der Waals surface area contributed by atoms with Gasteiger partial charge in [-0.3, -0.25) is 14.5 Å². The lowest BCUT2D eigenvalue weighted by molar-refractivity contribution is -0.137. The van der Waals surface area contributed by atoms with Crippen molar-refractivity contribution in [1.82, 2.24) is 20.0 Å². The number of amides is 4. The molecule has 136 valence electrons. The van der Waals surface area contributed by atoms with Crippen molar-refractivity contribution in [3.63, 3.8) is 0 Å². The number of hydrogen-bond donors (Lipinski definition) is 1. The third kappa shape index (κ3) is 5.29. The zero-order chi connectivity index (χ0) is 18.2. The predicted molar refractivity (Wildman–Crippen MR) is 94.8 cm³/mol. The van der Waals surface area contributed by atoms with Crippen LogP contribution in [0.4, 0.5) is 4.79 Å². The van der Waals surface area contributed by atoms with E-state index in [1.54, 1.807) is 4.90 Å². The molecule has 2 rings (SSSR count). The average Bonchev–Trinajstić information content (AvgIpc) is 2.94. The van der Waals surface area contributed by atoms with Crippen LogP contribution in [0.3, 0.4) is 0 Å². The van der Waals surface area contributed by atoms with Crippen molar-refractivity contribution >= 4 is 17.8 Å². The lowest BCUT2D eigenvalue weighted by Crippen LogP contribution is -2.45. The Kier molecular flexibility index (Phi) is 6.94. The minimum absolute atomic E-state index is 0.0375. The van der Waals surface area contributed by atoms with Crippen LogP contribution in [-0.4, -0.2) is 71.8 Å². The van der Waals surface area contributed by atoms with Crippen molar-refractivity contribution < 1.29 is 14.4 Å². The van der Waals surface area contributed by atoms with Crippen LogP contribution in [0.1, 0.15) is 19.4 Å². The van der Waals surface area contributed by atoms with E-state index in [1.807, 2.05) is 30.3 Å². The molecule has 1 aliphatic heterocycles. The van der Waals surface area contributed by atoms with Crippen LogP contribution in [0.2, 0.25) is 0 Å². The number of carbonyl (C=O) groups excluding carboxylic acids is 3. The van der Waals surface area contributed by atoms with Gasteiger partial charge >= 0.3 is 6.03 Å². The molecule has 1 saturated heterocycles. The molecule has 1 aliphatic rings. The van der Waals surface area contributed by atoms with Crippen molar-refractivity contribution in [3.8, 4) is 0 Å². The van der Waals surface area contributed by atoms with Crippen LogP contribution in [-0.2, 0) is 16.1 Å². The fraction of sp³-hybridized carbons (Fsp3) is 0.500. The molecule has 1 aromatic rings. The highest BCUT2D eigenvalue weighted by molar-refractivity contribution is 6.04. The maximum atomic E-state index is 12.7. The van der Waals surface area contributed by atoms with Crippen molar-refractivity contribution in [2.75, 3.05) is 39.3 Å². The summed E-state index contributed by atoms with van der Waals surface area (Å²) in [6.07, 6.45) is 0. The van der Waals surface area contributed by atoms with Gasteiger partial charge in [0.2, 0.25) is 5.91 Å². The standard InChI is InChI=1S/C18H26N4O3/c1-3-20(4-2)10-11-21(13-15-8-6-5-7-9-15)17(24)14-22-16(23)12-19-18(22)25/h5-9H,3-4,10-14H2,1-2H3,(H,19,25). The molecule has 1 aromatic carbocycles. The number of hydrogen-bond acceptors (Lipinski definition) is 4. The van der Waals surface area contributed by atoms with E-state index in [1.165, 1.54) is 0 Å². The molecule has 1 fully saturated rings. The molecule has 0 spiro atoms. The molecular formula is C18H26N4O3. The molecule has 0 aliphatic carbocycles. The predicted octanol–water partition coefficient (Wildman–Crippen LogP) is 0.909. The summed E-state index contributed by atoms with van der Waals surface area (Å²) in [5.41, 5.74) is 1.02. The van der Waals surface area contributed by atoms with Gasteiger partial charge in [-0.2, -0.15) is 0 Å². The van der Waals surface area contributed by atoms with Crippen molar-refractivity contribution in [2.24, 2.45) is 0 Å². The Balaban J connectivity index is 2.05. The number of likely N-dealkylation sites (N-methyl/N-ethyl adjacent to an activating group) is 1. The fourth-order valence-corrected chi connectivity index (χ4v) is 2.75. The first kappa shape index (κ1) is 18.9. The Bertz CT molecular complexity index is 586. The lowest BCUT2D eigenvalue weighted by Gasteiger charge is -2.27. The van der Waals surface area contributed by atoms with Gasteiger partial charge in [0, 0.05) is 19.6 Å². The Hall–Kier alpha value is -2.41. The molecule has 7 nitrogen and oxygen atoms in total. The summed E-state index contributed by atoms with van der Waals surface area (Å²) in [7, 11) is 0. The van der Waals surface area contributed by atoms with Gasteiger partial charge in [-0.15, -0.1) is 0 Å². The molecule has 0 atom stereocenters. The number of nitrogens with one attached hydrogen (secondary N) is 1.